The lowest BCUT2D eigenvalue weighted by atomic mass is 10.1. The molecule has 0 saturated heterocycles. The summed E-state index contributed by atoms with van der Waals surface area (Å²) in [4.78, 5) is 11.5. The summed E-state index contributed by atoms with van der Waals surface area (Å²) in [6.07, 6.45) is 0.438. The first-order valence-corrected chi connectivity index (χ1v) is 8.97. The van der Waals surface area contributed by atoms with Crippen molar-refractivity contribution in [3.63, 3.8) is 0 Å². The molecule has 0 aromatic heterocycles. The van der Waals surface area contributed by atoms with Crippen molar-refractivity contribution in [2.75, 3.05) is 13.6 Å². The summed E-state index contributed by atoms with van der Waals surface area (Å²) < 4.78 is 26.2. The fourth-order valence-electron chi connectivity index (χ4n) is 1.90. The lowest BCUT2D eigenvalue weighted by Crippen LogP contribution is -2.31. The summed E-state index contributed by atoms with van der Waals surface area (Å²) in [5.41, 5.74) is 1.66. The van der Waals surface area contributed by atoms with Gasteiger partial charge in [0.2, 0.25) is 15.9 Å². The Morgan fingerprint density at radius 3 is 2.27 bits per heavy atom. The molecule has 1 amide bonds. The molecule has 0 aliphatic rings. The fourth-order valence-corrected chi connectivity index (χ4v) is 3.33. The van der Waals surface area contributed by atoms with Crippen LogP contribution < -0.4 is 15.4 Å². The van der Waals surface area contributed by atoms with E-state index in [4.69, 9.17) is 0 Å². The summed E-state index contributed by atoms with van der Waals surface area (Å²) in [6.45, 7) is 4.67. The maximum absolute atomic E-state index is 11.8. The number of carbonyl (C=O) groups is 1. The molecule has 0 radical (unpaired) electrons. The molecule has 0 aliphatic carbocycles. The Kier molecular flexibility index (Phi) is 7.50. The summed E-state index contributed by atoms with van der Waals surface area (Å²) in [7, 11) is -1.51. The number of benzene rings is 1. The summed E-state index contributed by atoms with van der Waals surface area (Å²) >= 11 is 0. The molecule has 7 heteroatoms. The first kappa shape index (κ1) is 18.6. The second-order valence-corrected chi connectivity index (χ2v) is 7.23. The molecule has 3 N–H and O–H groups in total. The van der Waals surface area contributed by atoms with E-state index in [1.807, 2.05) is 12.1 Å². The lowest BCUT2D eigenvalue weighted by Gasteiger charge is -2.10. The van der Waals surface area contributed by atoms with Gasteiger partial charge in [0.15, 0.2) is 0 Å². The maximum Gasteiger partial charge on any atom is 0.221 e. The van der Waals surface area contributed by atoms with Gasteiger partial charge < -0.3 is 10.6 Å². The molecular formula is C15H25N3O3S. The van der Waals surface area contributed by atoms with Crippen LogP contribution in [0.2, 0.25) is 0 Å². The molecule has 1 aromatic rings. The Balaban J connectivity index is 2.51. The first-order valence-electron chi connectivity index (χ1n) is 7.31. The minimum absolute atomic E-state index is 0.0119. The average Bonchev–Trinajstić information content (AvgIpc) is 2.42. The number of rotatable bonds is 9. The summed E-state index contributed by atoms with van der Waals surface area (Å²) in [5, 5.41) is 5.73. The van der Waals surface area contributed by atoms with Crippen LogP contribution in [0.1, 0.15) is 31.4 Å². The number of carbonyl (C=O) groups excluding carboxylic acids is 1. The molecular weight excluding hydrogens is 302 g/mol. The monoisotopic (exact) mass is 327 g/mol. The Morgan fingerprint density at radius 2 is 1.73 bits per heavy atom. The van der Waals surface area contributed by atoms with E-state index in [0.29, 0.717) is 19.5 Å². The second kappa shape index (κ2) is 8.87. The minimum atomic E-state index is -3.31. The zero-order valence-electron chi connectivity index (χ0n) is 13.3. The van der Waals surface area contributed by atoms with Crippen molar-refractivity contribution in [3.05, 3.63) is 35.4 Å². The van der Waals surface area contributed by atoms with E-state index in [0.717, 1.165) is 11.1 Å². The van der Waals surface area contributed by atoms with Gasteiger partial charge in [0.25, 0.3) is 0 Å². The van der Waals surface area contributed by atoms with E-state index in [1.165, 1.54) is 0 Å². The van der Waals surface area contributed by atoms with Crippen molar-refractivity contribution >= 4 is 15.9 Å². The zero-order chi connectivity index (χ0) is 16.6. The highest BCUT2D eigenvalue weighted by Crippen LogP contribution is 2.08. The molecule has 124 valence electrons. The van der Waals surface area contributed by atoms with Crippen molar-refractivity contribution < 1.29 is 13.2 Å². The normalized spacial score (nSPS) is 11.6. The van der Waals surface area contributed by atoms with Crippen LogP contribution in [0.5, 0.6) is 0 Å². The molecule has 22 heavy (non-hydrogen) atoms. The lowest BCUT2D eigenvalue weighted by molar-refractivity contribution is -0.121. The van der Waals surface area contributed by atoms with Gasteiger partial charge in [-0.1, -0.05) is 24.3 Å². The van der Waals surface area contributed by atoms with Gasteiger partial charge >= 0.3 is 0 Å². The third-order valence-corrected chi connectivity index (χ3v) is 4.43. The maximum atomic E-state index is 11.8. The average molecular weight is 327 g/mol. The van der Waals surface area contributed by atoms with Crippen LogP contribution in [-0.4, -0.2) is 34.0 Å². The molecule has 0 atom stereocenters. The molecule has 0 spiro atoms. The highest BCUT2D eigenvalue weighted by Gasteiger charge is 2.12. The van der Waals surface area contributed by atoms with E-state index in [9.17, 15) is 13.2 Å². The summed E-state index contributed by atoms with van der Waals surface area (Å²) in [6, 6.07) is 7.09. The van der Waals surface area contributed by atoms with Crippen LogP contribution in [0, 0.1) is 0 Å². The van der Waals surface area contributed by atoms with Crippen molar-refractivity contribution in [3.8, 4) is 0 Å². The Morgan fingerprint density at radius 1 is 1.14 bits per heavy atom. The highest BCUT2D eigenvalue weighted by molar-refractivity contribution is 7.88. The summed E-state index contributed by atoms with van der Waals surface area (Å²) in [5.74, 6) is -0.0536. The largest absolute Gasteiger partial charge is 0.352 e. The molecule has 1 aromatic carbocycles. The highest BCUT2D eigenvalue weighted by atomic mass is 32.2. The van der Waals surface area contributed by atoms with Gasteiger partial charge in [-0.2, -0.15) is 0 Å². The first-order chi connectivity index (χ1) is 10.3. The molecule has 0 unspecified atom stereocenters. The van der Waals surface area contributed by atoms with Crippen LogP contribution in [0.3, 0.4) is 0 Å². The van der Waals surface area contributed by atoms with E-state index in [1.54, 1.807) is 33.0 Å². The third kappa shape index (κ3) is 7.53. The van der Waals surface area contributed by atoms with Crippen LogP contribution in [0.4, 0.5) is 0 Å². The van der Waals surface area contributed by atoms with Crippen LogP contribution in [0.15, 0.2) is 24.3 Å². The number of nitrogens with one attached hydrogen (secondary N) is 3. The molecule has 6 nitrogen and oxygen atoms in total. The number of hydrogen-bond acceptors (Lipinski definition) is 4. The van der Waals surface area contributed by atoms with Crippen LogP contribution >= 0.6 is 0 Å². The Hall–Kier alpha value is -1.44. The molecule has 0 fully saturated rings. The van der Waals surface area contributed by atoms with Crippen molar-refractivity contribution in [2.24, 2.45) is 0 Å². The smallest absolute Gasteiger partial charge is 0.221 e. The number of hydrogen-bond donors (Lipinski definition) is 3. The van der Waals surface area contributed by atoms with Gasteiger partial charge in [-0.25, -0.2) is 13.1 Å². The van der Waals surface area contributed by atoms with Gasteiger partial charge in [-0.05, 0) is 32.0 Å². The SMILES string of the molecule is CNCCC(=O)NCc1ccc(CS(=O)(=O)NC(C)C)cc1. The van der Waals surface area contributed by atoms with Gasteiger partial charge in [0, 0.05) is 25.6 Å². The van der Waals surface area contributed by atoms with Gasteiger partial charge in [0.05, 0.1) is 5.75 Å². The van der Waals surface area contributed by atoms with E-state index >= 15 is 0 Å². The predicted octanol–water partition coefficient (Wildman–Crippen LogP) is 0.740. The van der Waals surface area contributed by atoms with Crippen molar-refractivity contribution in [1.29, 1.82) is 0 Å². The number of sulfonamides is 1. The van der Waals surface area contributed by atoms with E-state index in [-0.39, 0.29) is 17.7 Å². The molecule has 0 bridgehead atoms. The quantitative estimate of drug-likeness (QED) is 0.624. The Labute approximate surface area is 132 Å². The van der Waals surface area contributed by atoms with E-state index < -0.39 is 10.0 Å². The van der Waals surface area contributed by atoms with Crippen molar-refractivity contribution in [1.82, 2.24) is 15.4 Å². The zero-order valence-corrected chi connectivity index (χ0v) is 14.2. The van der Waals surface area contributed by atoms with Crippen LogP contribution in [0.25, 0.3) is 0 Å². The predicted molar refractivity (Wildman–Crippen MR) is 87.7 cm³/mol. The molecule has 0 saturated carbocycles. The minimum Gasteiger partial charge on any atom is -0.352 e. The fraction of sp³-hybridized carbons (Fsp3) is 0.533. The van der Waals surface area contributed by atoms with E-state index in [2.05, 4.69) is 15.4 Å². The van der Waals surface area contributed by atoms with Gasteiger partial charge in [-0.15, -0.1) is 0 Å². The number of amides is 1. The Bertz CT molecular complexity index is 568. The third-order valence-electron chi connectivity index (χ3n) is 2.89. The topological polar surface area (TPSA) is 87.3 Å². The van der Waals surface area contributed by atoms with Crippen LogP contribution in [-0.2, 0) is 27.1 Å². The molecule has 0 heterocycles. The van der Waals surface area contributed by atoms with Gasteiger partial charge in [0.1, 0.15) is 0 Å². The second-order valence-electron chi connectivity index (χ2n) is 5.48. The molecule has 1 rings (SSSR count). The van der Waals surface area contributed by atoms with Gasteiger partial charge in [-0.3, -0.25) is 4.79 Å². The van der Waals surface area contributed by atoms with Crippen molar-refractivity contribution in [2.45, 2.75) is 38.6 Å². The standard InChI is InChI=1S/C15H25N3O3S/c1-12(2)18-22(20,21)11-14-6-4-13(5-7-14)10-17-15(19)8-9-16-3/h4-7,12,16,18H,8-11H2,1-3H3,(H,17,19). The molecule has 0 aliphatic heterocycles.